The standard InChI is InChI=1S/C54H86O6/c1-4-7-10-13-16-19-22-25-26-27-30-32-35-38-41-44-47-53(56)59-50-51(60-54(57)48-45-42-39-36-33-29-24-21-18-15-12-9-6-3)49-58-52(55)46-43-40-37-34-31-28-23-20-17-14-11-8-5-2/h8-9,11-12,14-15,17-18,20-21,23-24,26-27,29,33,36,39,51H,4-7,10,13,16,19,22,25,28,30-32,34-35,37-38,40-50H2,1-3H3/b11-8-,12-9-,17-14-,18-15-,23-20-,24-21-,27-26-,33-29-,39-36-. The van der Waals surface area contributed by atoms with Gasteiger partial charge in [0.05, 0.1) is 0 Å². The highest BCUT2D eigenvalue weighted by Crippen LogP contribution is 2.13. The highest BCUT2D eigenvalue weighted by molar-refractivity contribution is 5.71. The Morgan fingerprint density at radius 1 is 0.350 bits per heavy atom. The summed E-state index contributed by atoms with van der Waals surface area (Å²) in [5.74, 6) is -1.03. The highest BCUT2D eigenvalue weighted by Gasteiger charge is 2.19. The van der Waals surface area contributed by atoms with E-state index in [0.29, 0.717) is 19.3 Å². The molecule has 0 amide bonds. The van der Waals surface area contributed by atoms with Gasteiger partial charge in [0.2, 0.25) is 0 Å². The second kappa shape index (κ2) is 47.7. The molecule has 0 aromatic heterocycles. The Bertz CT molecular complexity index is 1280. The van der Waals surface area contributed by atoms with E-state index in [1.54, 1.807) is 0 Å². The van der Waals surface area contributed by atoms with Gasteiger partial charge in [-0.15, -0.1) is 0 Å². The maximum atomic E-state index is 12.7. The molecule has 0 radical (unpaired) electrons. The molecule has 338 valence electrons. The Morgan fingerprint density at radius 3 is 1.12 bits per heavy atom. The van der Waals surface area contributed by atoms with Crippen LogP contribution < -0.4 is 0 Å². The molecule has 0 bridgehead atoms. The molecule has 0 spiro atoms. The fraction of sp³-hybridized carbons (Fsp3) is 0.611. The van der Waals surface area contributed by atoms with E-state index in [9.17, 15) is 14.4 Å². The third-order valence-corrected chi connectivity index (χ3v) is 9.68. The second-order valence-electron chi connectivity index (χ2n) is 15.4. The smallest absolute Gasteiger partial charge is 0.306 e. The van der Waals surface area contributed by atoms with Crippen molar-refractivity contribution in [1.29, 1.82) is 0 Å². The summed E-state index contributed by atoms with van der Waals surface area (Å²) >= 11 is 0. The fourth-order valence-corrected chi connectivity index (χ4v) is 6.11. The van der Waals surface area contributed by atoms with Gasteiger partial charge in [0.25, 0.3) is 0 Å². The topological polar surface area (TPSA) is 78.9 Å². The number of ether oxygens (including phenoxy) is 3. The molecule has 0 aromatic carbocycles. The Kier molecular flexibility index (Phi) is 44.6. The van der Waals surface area contributed by atoms with E-state index >= 15 is 0 Å². The second-order valence-corrected chi connectivity index (χ2v) is 15.4. The quantitative estimate of drug-likeness (QED) is 0.0201. The molecule has 1 atom stereocenters. The molecule has 0 aliphatic rings. The third kappa shape index (κ3) is 45.2. The van der Waals surface area contributed by atoms with E-state index in [4.69, 9.17) is 14.2 Å². The zero-order valence-electron chi connectivity index (χ0n) is 38.4. The van der Waals surface area contributed by atoms with Crippen molar-refractivity contribution in [3.63, 3.8) is 0 Å². The minimum Gasteiger partial charge on any atom is -0.462 e. The highest BCUT2D eigenvalue weighted by atomic mass is 16.6. The molecular formula is C54H86O6. The van der Waals surface area contributed by atoms with Crippen LogP contribution >= 0.6 is 0 Å². The number of carbonyl (C=O) groups excluding carboxylic acids is 3. The zero-order chi connectivity index (χ0) is 43.7. The Labute approximate surface area is 368 Å². The van der Waals surface area contributed by atoms with Gasteiger partial charge in [-0.3, -0.25) is 14.4 Å². The summed E-state index contributed by atoms with van der Waals surface area (Å²) in [5.41, 5.74) is 0. The summed E-state index contributed by atoms with van der Waals surface area (Å²) in [4.78, 5) is 37.8. The largest absolute Gasteiger partial charge is 0.462 e. The lowest BCUT2D eigenvalue weighted by atomic mass is 10.1. The number of esters is 3. The fourth-order valence-electron chi connectivity index (χ4n) is 6.11. The van der Waals surface area contributed by atoms with Crippen LogP contribution in [-0.2, 0) is 28.6 Å². The summed E-state index contributed by atoms with van der Waals surface area (Å²) in [7, 11) is 0. The van der Waals surface area contributed by atoms with Crippen molar-refractivity contribution in [3.05, 3.63) is 109 Å². The molecule has 0 aromatic rings. The number of hydrogen-bond donors (Lipinski definition) is 0. The molecule has 0 fully saturated rings. The van der Waals surface area contributed by atoms with Gasteiger partial charge in [0.1, 0.15) is 13.2 Å². The van der Waals surface area contributed by atoms with Crippen LogP contribution in [0.1, 0.15) is 194 Å². The monoisotopic (exact) mass is 831 g/mol. The van der Waals surface area contributed by atoms with Crippen LogP contribution in [0.5, 0.6) is 0 Å². The first-order valence-corrected chi connectivity index (χ1v) is 24.0. The van der Waals surface area contributed by atoms with E-state index in [1.165, 1.54) is 57.8 Å². The van der Waals surface area contributed by atoms with Crippen LogP contribution in [0, 0.1) is 0 Å². The molecule has 60 heavy (non-hydrogen) atoms. The van der Waals surface area contributed by atoms with Gasteiger partial charge in [0.15, 0.2) is 6.10 Å². The van der Waals surface area contributed by atoms with Crippen molar-refractivity contribution in [2.75, 3.05) is 13.2 Å². The number of carbonyl (C=O) groups is 3. The molecule has 0 N–H and O–H groups in total. The van der Waals surface area contributed by atoms with Crippen molar-refractivity contribution >= 4 is 17.9 Å². The molecule has 0 heterocycles. The molecule has 0 rings (SSSR count). The minimum atomic E-state index is -0.827. The molecule has 0 saturated heterocycles. The molecule has 0 aliphatic carbocycles. The minimum absolute atomic E-state index is 0.120. The Hall–Kier alpha value is -3.93. The van der Waals surface area contributed by atoms with Gasteiger partial charge in [-0.1, -0.05) is 207 Å². The molecule has 0 aliphatic heterocycles. The maximum Gasteiger partial charge on any atom is 0.306 e. The van der Waals surface area contributed by atoms with Crippen LogP contribution in [-0.4, -0.2) is 37.2 Å². The van der Waals surface area contributed by atoms with Gasteiger partial charge >= 0.3 is 17.9 Å². The lowest BCUT2D eigenvalue weighted by Gasteiger charge is -2.18. The Balaban J connectivity index is 4.53. The number of rotatable bonds is 41. The zero-order valence-corrected chi connectivity index (χ0v) is 38.4. The maximum absolute atomic E-state index is 12.7. The van der Waals surface area contributed by atoms with Crippen molar-refractivity contribution in [1.82, 2.24) is 0 Å². The SMILES string of the molecule is CC\C=C/C=C\C=C/C=C\C=C/CCCC(=O)OC(COC(=O)CCCCCCC\C=C/C=C\C=C/CC)COC(=O)CCCCCCC/C=C\CCCCCCCCC. The van der Waals surface area contributed by atoms with Gasteiger partial charge in [-0.25, -0.2) is 0 Å². The molecular weight excluding hydrogens is 745 g/mol. The molecule has 0 saturated carbocycles. The molecule has 6 nitrogen and oxygen atoms in total. The number of hydrogen-bond acceptors (Lipinski definition) is 6. The summed E-state index contributed by atoms with van der Waals surface area (Å²) in [6.07, 6.45) is 63.7. The summed E-state index contributed by atoms with van der Waals surface area (Å²) in [6, 6.07) is 0. The van der Waals surface area contributed by atoms with E-state index in [2.05, 4.69) is 69.4 Å². The average Bonchev–Trinajstić information content (AvgIpc) is 3.24. The van der Waals surface area contributed by atoms with Gasteiger partial charge < -0.3 is 14.2 Å². The van der Waals surface area contributed by atoms with E-state index in [-0.39, 0.29) is 31.6 Å². The first-order chi connectivity index (χ1) is 29.5. The van der Waals surface area contributed by atoms with E-state index in [0.717, 1.165) is 89.9 Å². The third-order valence-electron chi connectivity index (χ3n) is 9.68. The van der Waals surface area contributed by atoms with Crippen LogP contribution in [0.2, 0.25) is 0 Å². The van der Waals surface area contributed by atoms with Crippen molar-refractivity contribution in [2.45, 2.75) is 200 Å². The van der Waals surface area contributed by atoms with Crippen molar-refractivity contribution in [3.8, 4) is 0 Å². The van der Waals surface area contributed by atoms with Crippen molar-refractivity contribution < 1.29 is 28.6 Å². The van der Waals surface area contributed by atoms with Gasteiger partial charge in [-0.05, 0) is 77.0 Å². The first-order valence-electron chi connectivity index (χ1n) is 24.0. The summed E-state index contributed by atoms with van der Waals surface area (Å²) in [5, 5.41) is 0. The number of unbranched alkanes of at least 4 members (excludes halogenated alkanes) is 18. The van der Waals surface area contributed by atoms with Crippen molar-refractivity contribution in [2.24, 2.45) is 0 Å². The van der Waals surface area contributed by atoms with Crippen LogP contribution in [0.3, 0.4) is 0 Å². The van der Waals surface area contributed by atoms with Gasteiger partial charge in [0, 0.05) is 19.3 Å². The predicted molar refractivity (Wildman–Crippen MR) is 256 cm³/mol. The molecule has 1 unspecified atom stereocenters. The number of allylic oxidation sites excluding steroid dienone is 18. The van der Waals surface area contributed by atoms with E-state index < -0.39 is 12.1 Å². The van der Waals surface area contributed by atoms with Crippen LogP contribution in [0.25, 0.3) is 0 Å². The summed E-state index contributed by atoms with van der Waals surface area (Å²) < 4.78 is 16.6. The van der Waals surface area contributed by atoms with Crippen LogP contribution in [0.15, 0.2) is 109 Å². The average molecular weight is 831 g/mol. The predicted octanol–water partition coefficient (Wildman–Crippen LogP) is 15.6. The Morgan fingerprint density at radius 2 is 0.683 bits per heavy atom. The first kappa shape index (κ1) is 56.1. The van der Waals surface area contributed by atoms with Crippen LogP contribution in [0.4, 0.5) is 0 Å². The lowest BCUT2D eigenvalue weighted by molar-refractivity contribution is -0.167. The summed E-state index contributed by atoms with van der Waals surface area (Å²) in [6.45, 7) is 6.25. The molecule has 6 heteroatoms. The lowest BCUT2D eigenvalue weighted by Crippen LogP contribution is -2.30. The van der Waals surface area contributed by atoms with Gasteiger partial charge in [-0.2, -0.15) is 0 Å². The van der Waals surface area contributed by atoms with E-state index in [1.807, 2.05) is 60.8 Å². The normalized spacial score (nSPS) is 13.1.